The van der Waals surface area contributed by atoms with Crippen molar-refractivity contribution in [1.82, 2.24) is 10.2 Å². The molecule has 3 aromatic carbocycles. The number of nitrogens with zero attached hydrogens (tertiary/aromatic N) is 1. The van der Waals surface area contributed by atoms with E-state index in [9.17, 15) is 9.59 Å². The van der Waals surface area contributed by atoms with Crippen molar-refractivity contribution in [1.29, 1.82) is 0 Å². The summed E-state index contributed by atoms with van der Waals surface area (Å²) in [7, 11) is 0. The van der Waals surface area contributed by atoms with Crippen LogP contribution >= 0.6 is 0 Å². The Morgan fingerprint density at radius 3 is 2.14 bits per heavy atom. The molecule has 3 N–H and O–H groups in total. The topological polar surface area (TPSA) is 84.7 Å². The zero-order valence-corrected chi connectivity index (χ0v) is 15.7. The lowest BCUT2D eigenvalue weighted by molar-refractivity contribution is -0.127. The van der Waals surface area contributed by atoms with Gasteiger partial charge in [0.1, 0.15) is 17.5 Å². The lowest BCUT2D eigenvalue weighted by Crippen LogP contribution is -2.32. The van der Waals surface area contributed by atoms with E-state index >= 15 is 0 Å². The third-order valence-corrected chi connectivity index (χ3v) is 4.77. The molecule has 3 amide bonds. The minimum atomic E-state index is -0.563. The number of hydrogen-bond acceptors (Lipinski definition) is 4. The van der Waals surface area contributed by atoms with Crippen LogP contribution in [0.5, 0.6) is 11.5 Å². The quantitative estimate of drug-likeness (QED) is 0.499. The maximum atomic E-state index is 12.7. The van der Waals surface area contributed by atoms with Gasteiger partial charge in [-0.25, -0.2) is 4.79 Å². The Morgan fingerprint density at radius 1 is 0.828 bits per heavy atom. The Kier molecular flexibility index (Phi) is 5.16. The predicted molar refractivity (Wildman–Crippen MR) is 110 cm³/mol. The van der Waals surface area contributed by atoms with E-state index in [1.165, 1.54) is 4.90 Å². The number of ether oxygens (including phenoxy) is 1. The Hall–Kier alpha value is -3.80. The number of carbonyl (C=O) groups excluding carboxylic acids is 2. The number of nitrogens with two attached hydrogens (primary N) is 1. The van der Waals surface area contributed by atoms with Crippen LogP contribution in [0.4, 0.5) is 10.5 Å². The van der Waals surface area contributed by atoms with Gasteiger partial charge in [-0.15, -0.1) is 0 Å². The van der Waals surface area contributed by atoms with Crippen molar-refractivity contribution in [3.63, 3.8) is 0 Å². The first-order valence-electron chi connectivity index (χ1n) is 9.36. The van der Waals surface area contributed by atoms with Gasteiger partial charge in [-0.1, -0.05) is 42.5 Å². The molecule has 6 heteroatoms. The number of para-hydroxylation sites is 1. The van der Waals surface area contributed by atoms with Gasteiger partial charge < -0.3 is 15.8 Å². The molecule has 1 aliphatic heterocycles. The number of urea groups is 1. The second kappa shape index (κ2) is 8.06. The van der Waals surface area contributed by atoms with Gasteiger partial charge in [0, 0.05) is 12.1 Å². The molecule has 29 heavy (non-hydrogen) atoms. The van der Waals surface area contributed by atoms with Crippen molar-refractivity contribution in [2.75, 3.05) is 5.73 Å². The molecule has 0 spiro atoms. The summed E-state index contributed by atoms with van der Waals surface area (Å²) < 4.78 is 5.77. The summed E-state index contributed by atoms with van der Waals surface area (Å²) in [5.41, 5.74) is 8.15. The monoisotopic (exact) mass is 387 g/mol. The first-order valence-corrected chi connectivity index (χ1v) is 9.36. The molecule has 1 unspecified atom stereocenters. The summed E-state index contributed by atoms with van der Waals surface area (Å²) >= 11 is 0. The van der Waals surface area contributed by atoms with Crippen molar-refractivity contribution in [2.24, 2.45) is 0 Å². The Labute approximate surface area is 168 Å². The standard InChI is InChI=1S/C23H21N3O3/c24-18-10-6-16(7-11-18)14-21-22(27)26(23(28)25-21)15-17-8-12-20(13-9-17)29-19-4-2-1-3-5-19/h1-13,21H,14-15,24H2,(H,25,28). The van der Waals surface area contributed by atoms with Crippen molar-refractivity contribution < 1.29 is 14.3 Å². The highest BCUT2D eigenvalue weighted by molar-refractivity contribution is 6.04. The van der Waals surface area contributed by atoms with E-state index in [-0.39, 0.29) is 18.5 Å². The van der Waals surface area contributed by atoms with E-state index in [2.05, 4.69) is 5.32 Å². The van der Waals surface area contributed by atoms with Crippen LogP contribution in [0.1, 0.15) is 11.1 Å². The molecule has 1 fully saturated rings. The summed E-state index contributed by atoms with van der Waals surface area (Å²) in [4.78, 5) is 26.2. The van der Waals surface area contributed by atoms with E-state index < -0.39 is 6.04 Å². The third-order valence-electron chi connectivity index (χ3n) is 4.77. The second-order valence-electron chi connectivity index (χ2n) is 6.93. The predicted octanol–water partition coefficient (Wildman–Crippen LogP) is 3.72. The van der Waals surface area contributed by atoms with Crippen LogP contribution in [0.15, 0.2) is 78.9 Å². The lowest BCUT2D eigenvalue weighted by atomic mass is 10.1. The number of nitrogen functional groups attached to an aromatic ring is 1. The van der Waals surface area contributed by atoms with Crippen LogP contribution in [-0.2, 0) is 17.8 Å². The van der Waals surface area contributed by atoms with Gasteiger partial charge >= 0.3 is 6.03 Å². The van der Waals surface area contributed by atoms with Crippen LogP contribution in [0.3, 0.4) is 0 Å². The highest BCUT2D eigenvalue weighted by Crippen LogP contribution is 2.22. The molecule has 0 aromatic heterocycles. The molecule has 3 aromatic rings. The maximum absolute atomic E-state index is 12.7. The van der Waals surface area contributed by atoms with Crippen molar-refractivity contribution in [3.05, 3.63) is 90.0 Å². The Morgan fingerprint density at radius 2 is 1.45 bits per heavy atom. The van der Waals surface area contributed by atoms with Gasteiger partial charge in [-0.2, -0.15) is 0 Å². The smallest absolute Gasteiger partial charge is 0.325 e. The van der Waals surface area contributed by atoms with Crippen LogP contribution in [0.2, 0.25) is 0 Å². The largest absolute Gasteiger partial charge is 0.457 e. The number of anilines is 1. The van der Waals surface area contributed by atoms with Crippen LogP contribution in [0.25, 0.3) is 0 Å². The minimum absolute atomic E-state index is 0.217. The number of nitrogens with one attached hydrogen (secondary N) is 1. The van der Waals surface area contributed by atoms with Crippen molar-refractivity contribution in [2.45, 2.75) is 19.0 Å². The first kappa shape index (κ1) is 18.6. The fourth-order valence-electron chi connectivity index (χ4n) is 3.22. The first-order chi connectivity index (χ1) is 14.1. The molecule has 1 atom stereocenters. The van der Waals surface area contributed by atoms with E-state index in [1.54, 1.807) is 12.1 Å². The molecule has 6 nitrogen and oxygen atoms in total. The number of carbonyl (C=O) groups is 2. The molecule has 0 saturated carbocycles. The van der Waals surface area contributed by atoms with Gasteiger partial charge in [-0.05, 0) is 47.5 Å². The summed E-state index contributed by atoms with van der Waals surface area (Å²) in [6.45, 7) is 0.217. The average Bonchev–Trinajstić information content (AvgIpc) is 2.99. The fraction of sp³-hybridized carbons (Fsp3) is 0.130. The molecule has 0 bridgehead atoms. The van der Waals surface area contributed by atoms with Crippen LogP contribution < -0.4 is 15.8 Å². The molecule has 4 rings (SSSR count). The summed E-state index contributed by atoms with van der Waals surface area (Å²) in [6.07, 6.45) is 0.436. The zero-order valence-electron chi connectivity index (χ0n) is 15.7. The van der Waals surface area contributed by atoms with Crippen molar-refractivity contribution >= 4 is 17.6 Å². The van der Waals surface area contributed by atoms with E-state index in [0.29, 0.717) is 17.9 Å². The molecule has 0 aliphatic carbocycles. The number of hydrogen-bond donors (Lipinski definition) is 2. The molecule has 1 heterocycles. The third kappa shape index (κ3) is 4.38. The highest BCUT2D eigenvalue weighted by atomic mass is 16.5. The zero-order chi connectivity index (χ0) is 20.2. The lowest BCUT2D eigenvalue weighted by Gasteiger charge is -2.14. The highest BCUT2D eigenvalue weighted by Gasteiger charge is 2.37. The van der Waals surface area contributed by atoms with E-state index in [1.807, 2.05) is 66.7 Å². The second-order valence-corrected chi connectivity index (χ2v) is 6.93. The molecule has 1 saturated heterocycles. The summed E-state index contributed by atoms with van der Waals surface area (Å²) in [6, 6.07) is 23.2. The SMILES string of the molecule is Nc1ccc(CC2NC(=O)N(Cc3ccc(Oc4ccccc4)cc3)C2=O)cc1. The van der Waals surface area contributed by atoms with E-state index in [0.717, 1.165) is 16.9 Å². The van der Waals surface area contributed by atoms with Gasteiger partial charge in [0.05, 0.1) is 6.54 Å². The minimum Gasteiger partial charge on any atom is -0.457 e. The fourth-order valence-corrected chi connectivity index (χ4v) is 3.22. The average molecular weight is 387 g/mol. The number of rotatable bonds is 6. The van der Waals surface area contributed by atoms with E-state index in [4.69, 9.17) is 10.5 Å². The van der Waals surface area contributed by atoms with Gasteiger partial charge in [0.25, 0.3) is 5.91 Å². The Balaban J connectivity index is 1.39. The number of amides is 3. The van der Waals surface area contributed by atoms with Crippen LogP contribution in [-0.4, -0.2) is 22.9 Å². The number of benzene rings is 3. The molecular weight excluding hydrogens is 366 g/mol. The van der Waals surface area contributed by atoms with Gasteiger partial charge in [-0.3, -0.25) is 9.69 Å². The molecule has 1 aliphatic rings. The molecule has 146 valence electrons. The molecule has 0 radical (unpaired) electrons. The Bertz CT molecular complexity index is 1000. The van der Waals surface area contributed by atoms with Gasteiger partial charge in [0.2, 0.25) is 0 Å². The van der Waals surface area contributed by atoms with Crippen molar-refractivity contribution in [3.8, 4) is 11.5 Å². The summed E-state index contributed by atoms with van der Waals surface area (Å²) in [5, 5.41) is 2.76. The maximum Gasteiger partial charge on any atom is 0.325 e. The molecular formula is C23H21N3O3. The normalized spacial score (nSPS) is 16.0. The van der Waals surface area contributed by atoms with Crippen LogP contribution in [0, 0.1) is 0 Å². The summed E-state index contributed by atoms with van der Waals surface area (Å²) in [5.74, 6) is 1.22. The van der Waals surface area contributed by atoms with Gasteiger partial charge in [0.15, 0.2) is 0 Å². The number of imide groups is 1.